The van der Waals surface area contributed by atoms with Gasteiger partial charge in [0.15, 0.2) is 0 Å². The first-order valence-corrected chi connectivity index (χ1v) is 7.98. The van der Waals surface area contributed by atoms with E-state index < -0.39 is 36.1 Å². The molecule has 0 fully saturated rings. The highest BCUT2D eigenvalue weighted by Crippen LogP contribution is 2.27. The second kappa shape index (κ2) is 8.89. The van der Waals surface area contributed by atoms with Gasteiger partial charge in [-0.2, -0.15) is 31.4 Å². The molecule has 2 rings (SSSR count). The Bertz CT molecular complexity index is 847. The van der Waals surface area contributed by atoms with E-state index in [2.05, 4.69) is 5.10 Å². The van der Waals surface area contributed by atoms with Crippen LogP contribution in [0.3, 0.4) is 0 Å². The normalized spacial score (nSPS) is 13.6. The summed E-state index contributed by atoms with van der Waals surface area (Å²) in [5.41, 5.74) is 0.462. The van der Waals surface area contributed by atoms with Crippen LogP contribution in [-0.4, -0.2) is 30.0 Å². The standard InChI is InChI=1S/C19H13F7N2O/c20-17(19(24,25)26)14(29)11-15(18(21,22)23)27-28-16(12-7-3-1-4-8-12)13-9-5-2-6-10-13/h1-11,17,27H/b15-11-. The summed E-state index contributed by atoms with van der Waals surface area (Å²) in [7, 11) is 0. The molecule has 1 unspecified atom stereocenters. The van der Waals surface area contributed by atoms with Gasteiger partial charge >= 0.3 is 12.4 Å². The summed E-state index contributed by atoms with van der Waals surface area (Å²) < 4.78 is 89.2. The minimum atomic E-state index is -5.62. The highest BCUT2D eigenvalue weighted by Gasteiger charge is 2.46. The third-order valence-electron chi connectivity index (χ3n) is 3.51. The molecule has 0 saturated carbocycles. The monoisotopic (exact) mass is 418 g/mol. The first-order valence-electron chi connectivity index (χ1n) is 7.98. The van der Waals surface area contributed by atoms with Gasteiger partial charge in [-0.15, -0.1) is 0 Å². The molecule has 3 nitrogen and oxygen atoms in total. The van der Waals surface area contributed by atoms with E-state index in [-0.39, 0.29) is 5.71 Å². The van der Waals surface area contributed by atoms with Crippen LogP contribution in [-0.2, 0) is 4.79 Å². The lowest BCUT2D eigenvalue weighted by molar-refractivity contribution is -0.183. The van der Waals surface area contributed by atoms with Crippen LogP contribution in [0.15, 0.2) is 77.5 Å². The van der Waals surface area contributed by atoms with E-state index in [9.17, 15) is 35.5 Å². The van der Waals surface area contributed by atoms with Crippen LogP contribution in [0.2, 0.25) is 0 Å². The topological polar surface area (TPSA) is 41.5 Å². The summed E-state index contributed by atoms with van der Waals surface area (Å²) in [5.74, 6) is -2.39. The van der Waals surface area contributed by atoms with Gasteiger partial charge in [0.2, 0.25) is 5.78 Å². The number of allylic oxidation sites excluding steroid dienone is 2. The van der Waals surface area contributed by atoms with Crippen molar-refractivity contribution >= 4 is 11.5 Å². The molecule has 0 aromatic heterocycles. The fourth-order valence-electron chi connectivity index (χ4n) is 2.16. The molecule has 0 amide bonds. The lowest BCUT2D eigenvalue weighted by atomic mass is 10.0. The fourth-order valence-corrected chi connectivity index (χ4v) is 2.16. The predicted molar refractivity (Wildman–Crippen MR) is 91.8 cm³/mol. The largest absolute Gasteiger partial charge is 0.432 e. The van der Waals surface area contributed by atoms with E-state index >= 15 is 0 Å². The summed E-state index contributed by atoms with van der Waals surface area (Å²) in [5, 5.41) is 3.63. The third-order valence-corrected chi connectivity index (χ3v) is 3.51. The summed E-state index contributed by atoms with van der Waals surface area (Å²) in [6.07, 6.45) is -15.5. The second-order valence-electron chi connectivity index (χ2n) is 5.67. The number of halogens is 7. The molecule has 1 N–H and O–H groups in total. The molecule has 0 heterocycles. The maximum absolute atomic E-state index is 13.1. The molecule has 0 radical (unpaired) electrons. The van der Waals surface area contributed by atoms with Gasteiger partial charge in [0.25, 0.3) is 6.17 Å². The minimum Gasteiger partial charge on any atom is -0.291 e. The summed E-state index contributed by atoms with van der Waals surface area (Å²) in [6, 6.07) is 16.0. The Labute approximate surface area is 160 Å². The van der Waals surface area contributed by atoms with Crippen molar-refractivity contribution in [1.82, 2.24) is 5.43 Å². The SMILES string of the molecule is O=C(/C=C(\NN=C(c1ccccc1)c1ccccc1)C(F)(F)F)C(F)C(F)(F)F. The maximum Gasteiger partial charge on any atom is 0.432 e. The molecule has 0 saturated heterocycles. The van der Waals surface area contributed by atoms with Crippen LogP contribution in [0.1, 0.15) is 11.1 Å². The number of nitrogens with one attached hydrogen (secondary N) is 1. The van der Waals surface area contributed by atoms with Gasteiger partial charge in [0.05, 0.1) is 5.71 Å². The highest BCUT2D eigenvalue weighted by molar-refractivity contribution is 6.12. The molecule has 0 aliphatic carbocycles. The predicted octanol–water partition coefficient (Wildman–Crippen LogP) is 4.94. The zero-order valence-corrected chi connectivity index (χ0v) is 14.4. The average molecular weight is 418 g/mol. The molecule has 1 atom stereocenters. The van der Waals surface area contributed by atoms with Crippen molar-refractivity contribution in [2.75, 3.05) is 0 Å². The maximum atomic E-state index is 13.1. The van der Waals surface area contributed by atoms with Gasteiger partial charge in [-0.05, 0) is 0 Å². The van der Waals surface area contributed by atoms with Gasteiger partial charge < -0.3 is 0 Å². The van der Waals surface area contributed by atoms with Crippen molar-refractivity contribution in [2.45, 2.75) is 18.5 Å². The number of ketones is 1. The lowest BCUT2D eigenvalue weighted by Crippen LogP contribution is -2.33. The first-order chi connectivity index (χ1) is 13.5. The molecular weight excluding hydrogens is 405 g/mol. The molecule has 0 aliphatic heterocycles. The number of rotatable bonds is 6. The average Bonchev–Trinajstić information content (AvgIpc) is 2.66. The Hall–Kier alpha value is -3.17. The van der Waals surface area contributed by atoms with Gasteiger partial charge in [-0.3, -0.25) is 10.2 Å². The molecular formula is C19H13F7N2O. The molecule has 0 aliphatic rings. The lowest BCUT2D eigenvalue weighted by Gasteiger charge is -2.14. The number of alkyl halides is 7. The zero-order valence-electron chi connectivity index (χ0n) is 14.4. The Morgan fingerprint density at radius 1 is 0.862 bits per heavy atom. The van der Waals surface area contributed by atoms with Crippen molar-refractivity contribution in [3.05, 3.63) is 83.6 Å². The van der Waals surface area contributed by atoms with Crippen molar-refractivity contribution in [1.29, 1.82) is 0 Å². The van der Waals surface area contributed by atoms with Crippen LogP contribution in [0.4, 0.5) is 30.7 Å². The Morgan fingerprint density at radius 3 is 1.69 bits per heavy atom. The second-order valence-corrected chi connectivity index (χ2v) is 5.67. The van der Waals surface area contributed by atoms with Crippen LogP contribution in [0, 0.1) is 0 Å². The smallest absolute Gasteiger partial charge is 0.291 e. The molecule has 154 valence electrons. The highest BCUT2D eigenvalue weighted by atomic mass is 19.4. The van der Waals surface area contributed by atoms with Gasteiger partial charge in [-0.25, -0.2) is 4.39 Å². The molecule has 10 heteroatoms. The molecule has 2 aromatic rings. The number of nitrogens with zero attached hydrogens (tertiary/aromatic N) is 1. The number of hydrogen-bond acceptors (Lipinski definition) is 3. The van der Waals surface area contributed by atoms with E-state index in [1.165, 1.54) is 0 Å². The fraction of sp³-hybridized carbons (Fsp3) is 0.158. The number of benzene rings is 2. The Morgan fingerprint density at radius 2 is 1.31 bits per heavy atom. The molecule has 2 aromatic carbocycles. The van der Waals surface area contributed by atoms with Crippen molar-refractivity contribution < 1.29 is 35.5 Å². The number of hydrazone groups is 1. The number of carbonyl (C=O) groups is 1. The molecule has 0 bridgehead atoms. The van der Waals surface area contributed by atoms with Crippen LogP contribution in [0.5, 0.6) is 0 Å². The van der Waals surface area contributed by atoms with Crippen molar-refractivity contribution in [2.24, 2.45) is 5.10 Å². The third kappa shape index (κ3) is 6.16. The van der Waals surface area contributed by atoms with E-state index in [1.807, 2.05) is 0 Å². The Kier molecular flexibility index (Phi) is 6.78. The van der Waals surface area contributed by atoms with Crippen molar-refractivity contribution in [3.8, 4) is 0 Å². The van der Waals surface area contributed by atoms with Gasteiger partial charge in [0.1, 0.15) is 5.70 Å². The van der Waals surface area contributed by atoms with Gasteiger partial charge in [-0.1, -0.05) is 60.7 Å². The summed E-state index contributed by atoms with van der Waals surface area (Å²) in [6.45, 7) is 0. The summed E-state index contributed by atoms with van der Waals surface area (Å²) in [4.78, 5) is 11.3. The Balaban J connectivity index is 2.44. The zero-order chi connectivity index (χ0) is 21.7. The molecule has 29 heavy (non-hydrogen) atoms. The number of carbonyl (C=O) groups excluding carboxylic acids is 1. The van der Waals surface area contributed by atoms with E-state index in [0.29, 0.717) is 11.1 Å². The van der Waals surface area contributed by atoms with Crippen LogP contribution in [0.25, 0.3) is 0 Å². The molecule has 0 spiro atoms. The first kappa shape index (κ1) is 22.1. The van der Waals surface area contributed by atoms with E-state index in [1.54, 1.807) is 66.1 Å². The van der Waals surface area contributed by atoms with Crippen LogP contribution < -0.4 is 5.43 Å². The van der Waals surface area contributed by atoms with E-state index in [4.69, 9.17) is 0 Å². The van der Waals surface area contributed by atoms with E-state index in [0.717, 1.165) is 0 Å². The minimum absolute atomic E-state index is 0.0291. The number of hydrogen-bond donors (Lipinski definition) is 1. The quantitative estimate of drug-likeness (QED) is 0.312. The van der Waals surface area contributed by atoms with Gasteiger partial charge in [0, 0.05) is 17.2 Å². The summed E-state index contributed by atoms with van der Waals surface area (Å²) >= 11 is 0. The van der Waals surface area contributed by atoms with Crippen LogP contribution >= 0.6 is 0 Å². The van der Waals surface area contributed by atoms with Crippen molar-refractivity contribution in [3.63, 3.8) is 0 Å².